The second kappa shape index (κ2) is 6.20. The summed E-state index contributed by atoms with van der Waals surface area (Å²) >= 11 is 5.71. The van der Waals surface area contributed by atoms with E-state index in [2.05, 4.69) is 0 Å². The highest BCUT2D eigenvalue weighted by atomic mass is 35.5. The van der Waals surface area contributed by atoms with E-state index in [1.54, 1.807) is 24.3 Å². The normalized spacial score (nSPS) is 12.2. The fraction of sp³-hybridized carbons (Fsp3) is 0.200. The molecule has 1 unspecified atom stereocenters. The van der Waals surface area contributed by atoms with Crippen LogP contribution in [0.3, 0.4) is 0 Å². The van der Waals surface area contributed by atoms with Gasteiger partial charge in [-0.15, -0.1) is 0 Å². The van der Waals surface area contributed by atoms with Gasteiger partial charge in [0.1, 0.15) is 5.82 Å². The van der Waals surface area contributed by atoms with Crippen LogP contribution >= 0.6 is 11.6 Å². The molecule has 0 saturated carbocycles. The van der Waals surface area contributed by atoms with Crippen molar-refractivity contribution < 1.29 is 13.5 Å². The maximum absolute atomic E-state index is 14.1. The summed E-state index contributed by atoms with van der Waals surface area (Å²) in [5.74, 6) is -0.928. The van der Waals surface area contributed by atoms with Crippen LogP contribution in [0.1, 0.15) is 17.2 Å². The predicted molar refractivity (Wildman–Crippen MR) is 75.0 cm³/mol. The molecule has 0 aliphatic heterocycles. The van der Waals surface area contributed by atoms with Gasteiger partial charge < -0.3 is 10.5 Å². The molecule has 0 amide bonds. The van der Waals surface area contributed by atoms with E-state index in [9.17, 15) is 8.78 Å². The molecule has 0 spiro atoms. The van der Waals surface area contributed by atoms with Crippen LogP contribution in [0.2, 0.25) is 5.02 Å². The first-order valence-corrected chi connectivity index (χ1v) is 6.43. The van der Waals surface area contributed by atoms with Gasteiger partial charge in [-0.3, -0.25) is 0 Å². The predicted octanol–water partition coefficient (Wildman–Crippen LogP) is 3.87. The molecule has 2 nitrogen and oxygen atoms in total. The standard InChI is InChI=1S/C15H14ClF2NO/c1-20-13-7-3-5-10(15(13)18)12(19)8-9-4-2-6-11(16)14(9)17/h2-7,12H,8,19H2,1H3. The molecule has 20 heavy (non-hydrogen) atoms. The monoisotopic (exact) mass is 297 g/mol. The molecule has 0 fully saturated rings. The molecule has 0 heterocycles. The zero-order valence-electron chi connectivity index (χ0n) is 10.9. The lowest BCUT2D eigenvalue weighted by Gasteiger charge is -2.15. The van der Waals surface area contributed by atoms with Crippen LogP contribution in [0.5, 0.6) is 5.75 Å². The van der Waals surface area contributed by atoms with Crippen LogP contribution in [-0.4, -0.2) is 7.11 Å². The summed E-state index contributed by atoms with van der Waals surface area (Å²) in [5.41, 5.74) is 6.60. The van der Waals surface area contributed by atoms with Gasteiger partial charge in [0.05, 0.1) is 12.1 Å². The van der Waals surface area contributed by atoms with Crippen LogP contribution in [-0.2, 0) is 6.42 Å². The molecular formula is C15H14ClF2NO. The molecule has 0 bridgehead atoms. The van der Waals surface area contributed by atoms with Gasteiger partial charge in [-0.05, 0) is 24.1 Å². The van der Waals surface area contributed by atoms with Gasteiger partial charge in [0.2, 0.25) is 0 Å². The molecule has 0 aromatic heterocycles. The fourth-order valence-corrected chi connectivity index (χ4v) is 2.22. The number of methoxy groups -OCH3 is 1. The second-order valence-electron chi connectivity index (χ2n) is 4.39. The van der Waals surface area contributed by atoms with Crippen LogP contribution in [0.15, 0.2) is 36.4 Å². The average molecular weight is 298 g/mol. The zero-order valence-corrected chi connectivity index (χ0v) is 11.6. The highest BCUT2D eigenvalue weighted by Gasteiger charge is 2.17. The molecule has 5 heteroatoms. The number of ether oxygens (including phenoxy) is 1. The van der Waals surface area contributed by atoms with E-state index in [-0.39, 0.29) is 22.8 Å². The largest absolute Gasteiger partial charge is 0.494 e. The lowest BCUT2D eigenvalue weighted by molar-refractivity contribution is 0.382. The third-order valence-corrected chi connectivity index (χ3v) is 3.38. The van der Waals surface area contributed by atoms with Gasteiger partial charge in [-0.2, -0.15) is 0 Å². The third kappa shape index (κ3) is 2.92. The zero-order chi connectivity index (χ0) is 14.7. The summed E-state index contributed by atoms with van der Waals surface area (Å²) in [6.07, 6.45) is 0.149. The molecule has 0 saturated heterocycles. The van der Waals surface area contributed by atoms with Gasteiger partial charge >= 0.3 is 0 Å². The highest BCUT2D eigenvalue weighted by molar-refractivity contribution is 6.30. The Kier molecular flexibility index (Phi) is 4.57. The Morgan fingerprint density at radius 2 is 1.85 bits per heavy atom. The molecule has 2 N–H and O–H groups in total. The van der Waals surface area contributed by atoms with Crippen molar-refractivity contribution in [2.45, 2.75) is 12.5 Å². The van der Waals surface area contributed by atoms with E-state index < -0.39 is 17.7 Å². The molecule has 2 rings (SSSR count). The third-order valence-electron chi connectivity index (χ3n) is 3.08. The van der Waals surface area contributed by atoms with E-state index >= 15 is 0 Å². The van der Waals surface area contributed by atoms with Crippen LogP contribution in [0.25, 0.3) is 0 Å². The minimum atomic E-state index is -0.682. The van der Waals surface area contributed by atoms with Crippen molar-refractivity contribution in [3.63, 3.8) is 0 Å². The summed E-state index contributed by atoms with van der Waals surface area (Å²) < 4.78 is 32.8. The molecule has 0 aliphatic carbocycles. The van der Waals surface area contributed by atoms with E-state index in [1.165, 1.54) is 19.2 Å². The number of hydrogen-bond acceptors (Lipinski definition) is 2. The number of hydrogen-bond donors (Lipinski definition) is 1. The van der Waals surface area contributed by atoms with E-state index in [0.29, 0.717) is 5.56 Å². The van der Waals surface area contributed by atoms with E-state index in [4.69, 9.17) is 22.1 Å². The fourth-order valence-electron chi connectivity index (χ4n) is 2.02. The van der Waals surface area contributed by atoms with Crippen molar-refractivity contribution in [3.8, 4) is 5.75 Å². The minimum absolute atomic E-state index is 0.0285. The first-order chi connectivity index (χ1) is 9.54. The maximum atomic E-state index is 14.1. The Bertz CT molecular complexity index is 619. The molecule has 1 atom stereocenters. The van der Waals surface area contributed by atoms with Crippen molar-refractivity contribution >= 4 is 11.6 Å². The topological polar surface area (TPSA) is 35.2 Å². The Labute approximate surface area is 121 Å². The summed E-state index contributed by atoms with van der Waals surface area (Å²) in [6, 6.07) is 8.70. The molecular weight excluding hydrogens is 284 g/mol. The summed E-state index contributed by atoms with van der Waals surface area (Å²) in [6.45, 7) is 0. The van der Waals surface area contributed by atoms with Gasteiger partial charge in [-0.1, -0.05) is 35.9 Å². The van der Waals surface area contributed by atoms with Gasteiger partial charge in [0.25, 0.3) is 0 Å². The summed E-state index contributed by atoms with van der Waals surface area (Å²) in [4.78, 5) is 0. The highest BCUT2D eigenvalue weighted by Crippen LogP contribution is 2.27. The summed E-state index contributed by atoms with van der Waals surface area (Å²) in [7, 11) is 1.38. The number of rotatable bonds is 4. The van der Waals surface area contributed by atoms with Crippen molar-refractivity contribution in [2.24, 2.45) is 5.73 Å². The van der Waals surface area contributed by atoms with Crippen molar-refractivity contribution in [3.05, 3.63) is 64.2 Å². The van der Waals surface area contributed by atoms with Crippen molar-refractivity contribution in [1.82, 2.24) is 0 Å². The van der Waals surface area contributed by atoms with Crippen LogP contribution in [0.4, 0.5) is 8.78 Å². The summed E-state index contributed by atoms with van der Waals surface area (Å²) in [5, 5.41) is 0.0285. The number of benzene rings is 2. The van der Waals surface area contributed by atoms with Crippen molar-refractivity contribution in [2.75, 3.05) is 7.11 Å². The van der Waals surface area contributed by atoms with E-state index in [0.717, 1.165) is 0 Å². The molecule has 106 valence electrons. The first kappa shape index (κ1) is 14.8. The Morgan fingerprint density at radius 1 is 1.15 bits per heavy atom. The maximum Gasteiger partial charge on any atom is 0.169 e. The van der Waals surface area contributed by atoms with Crippen molar-refractivity contribution in [1.29, 1.82) is 0 Å². The minimum Gasteiger partial charge on any atom is -0.494 e. The average Bonchev–Trinajstić information content (AvgIpc) is 2.44. The van der Waals surface area contributed by atoms with Crippen LogP contribution in [0, 0.1) is 11.6 Å². The first-order valence-electron chi connectivity index (χ1n) is 6.05. The number of nitrogens with two attached hydrogens (primary N) is 1. The Hall–Kier alpha value is -1.65. The smallest absolute Gasteiger partial charge is 0.169 e. The Morgan fingerprint density at radius 3 is 2.55 bits per heavy atom. The van der Waals surface area contributed by atoms with Gasteiger partial charge in [0, 0.05) is 11.6 Å². The lowest BCUT2D eigenvalue weighted by atomic mass is 9.98. The molecule has 2 aromatic rings. The SMILES string of the molecule is COc1cccc(C(N)Cc2cccc(Cl)c2F)c1F. The molecule has 2 aromatic carbocycles. The lowest BCUT2D eigenvalue weighted by Crippen LogP contribution is -2.16. The quantitative estimate of drug-likeness (QED) is 0.930. The van der Waals surface area contributed by atoms with Gasteiger partial charge in [-0.25, -0.2) is 8.78 Å². The second-order valence-corrected chi connectivity index (χ2v) is 4.79. The molecule has 0 radical (unpaired) electrons. The molecule has 0 aliphatic rings. The Balaban J connectivity index is 2.28. The van der Waals surface area contributed by atoms with E-state index in [1.807, 2.05) is 0 Å². The van der Waals surface area contributed by atoms with Gasteiger partial charge in [0.15, 0.2) is 11.6 Å². The number of halogens is 3. The van der Waals surface area contributed by atoms with Crippen LogP contribution < -0.4 is 10.5 Å².